The van der Waals surface area contributed by atoms with Gasteiger partial charge in [0, 0.05) is 23.6 Å². The zero-order valence-electron chi connectivity index (χ0n) is 11.3. The van der Waals surface area contributed by atoms with Crippen LogP contribution in [0.25, 0.3) is 0 Å². The molecule has 1 heterocycles. The van der Waals surface area contributed by atoms with Crippen molar-refractivity contribution in [3.63, 3.8) is 0 Å². The summed E-state index contributed by atoms with van der Waals surface area (Å²) in [6, 6.07) is 8.81. The Labute approximate surface area is 128 Å². The van der Waals surface area contributed by atoms with Gasteiger partial charge in [-0.15, -0.1) is 0 Å². The predicted molar refractivity (Wildman–Crippen MR) is 84.0 cm³/mol. The second kappa shape index (κ2) is 7.44. The Kier molecular flexibility index (Phi) is 5.33. The molecule has 106 valence electrons. The average molecular weight is 300 g/mol. The first-order valence-corrected chi connectivity index (χ1v) is 6.74. The minimum absolute atomic E-state index is 0.122. The third-order valence-electron chi connectivity index (χ3n) is 2.66. The van der Waals surface area contributed by atoms with Gasteiger partial charge in [0.05, 0.1) is 18.0 Å². The molecule has 3 N–H and O–H groups in total. The van der Waals surface area contributed by atoms with Crippen molar-refractivity contribution >= 4 is 23.2 Å². The molecule has 4 nitrogen and oxygen atoms in total. The lowest BCUT2D eigenvalue weighted by molar-refractivity contribution is -0.115. The van der Waals surface area contributed by atoms with E-state index in [1.807, 2.05) is 6.07 Å². The molecule has 1 amide bonds. The highest BCUT2D eigenvalue weighted by molar-refractivity contribution is 6.31. The normalized spacial score (nSPS) is 9.62. The zero-order valence-corrected chi connectivity index (χ0v) is 12.0. The second-order valence-electron chi connectivity index (χ2n) is 4.29. The first-order chi connectivity index (χ1) is 10.2. The predicted octanol–water partition coefficient (Wildman–Crippen LogP) is 2.23. The summed E-state index contributed by atoms with van der Waals surface area (Å²) in [5.41, 5.74) is 7.48. The van der Waals surface area contributed by atoms with Crippen molar-refractivity contribution in [2.45, 2.75) is 6.42 Å². The van der Waals surface area contributed by atoms with Crippen molar-refractivity contribution in [3.8, 4) is 11.8 Å². The standard InChI is InChI=1S/C16H14ClN3O/c17-15-6-5-14(10-13(15)4-1-7-18)20-16(21)9-12-3-2-8-19-11-12/h2-3,5-6,8,10-11H,7,9,18H2,(H,20,21). The molecule has 0 saturated carbocycles. The minimum atomic E-state index is -0.122. The van der Waals surface area contributed by atoms with Crippen LogP contribution in [0, 0.1) is 11.8 Å². The lowest BCUT2D eigenvalue weighted by Crippen LogP contribution is -2.14. The maximum absolute atomic E-state index is 12.0. The van der Waals surface area contributed by atoms with E-state index in [1.165, 1.54) is 0 Å². The number of nitrogens with one attached hydrogen (secondary N) is 1. The second-order valence-corrected chi connectivity index (χ2v) is 4.69. The van der Waals surface area contributed by atoms with Crippen LogP contribution in [0.1, 0.15) is 11.1 Å². The molecule has 1 aromatic carbocycles. The summed E-state index contributed by atoms with van der Waals surface area (Å²) in [5, 5.41) is 3.34. The summed E-state index contributed by atoms with van der Waals surface area (Å²) in [6.45, 7) is 0.258. The molecule has 0 aliphatic rings. The van der Waals surface area contributed by atoms with Crippen LogP contribution < -0.4 is 11.1 Å². The number of pyridine rings is 1. The molecule has 0 bridgehead atoms. The van der Waals surface area contributed by atoms with Crippen LogP contribution in [-0.4, -0.2) is 17.4 Å². The molecule has 0 radical (unpaired) electrons. The van der Waals surface area contributed by atoms with Crippen LogP contribution in [0.3, 0.4) is 0 Å². The summed E-state index contributed by atoms with van der Waals surface area (Å²) >= 11 is 6.03. The molecule has 0 unspecified atom stereocenters. The zero-order chi connectivity index (χ0) is 15.1. The van der Waals surface area contributed by atoms with E-state index in [2.05, 4.69) is 22.1 Å². The van der Waals surface area contributed by atoms with Crippen molar-refractivity contribution in [3.05, 3.63) is 58.9 Å². The van der Waals surface area contributed by atoms with E-state index in [1.54, 1.807) is 36.7 Å². The summed E-state index contributed by atoms with van der Waals surface area (Å²) in [5.74, 6) is 5.48. The number of nitrogens with zero attached hydrogens (tertiary/aromatic N) is 1. The van der Waals surface area contributed by atoms with Gasteiger partial charge in [0.25, 0.3) is 0 Å². The summed E-state index contributed by atoms with van der Waals surface area (Å²) in [6.07, 6.45) is 3.60. The maximum atomic E-state index is 12.0. The molecule has 0 aliphatic heterocycles. The smallest absolute Gasteiger partial charge is 0.228 e. The number of carbonyl (C=O) groups is 1. The van der Waals surface area contributed by atoms with Crippen molar-refractivity contribution in [2.75, 3.05) is 11.9 Å². The topological polar surface area (TPSA) is 68.0 Å². The van der Waals surface area contributed by atoms with Crippen molar-refractivity contribution in [1.82, 2.24) is 4.98 Å². The van der Waals surface area contributed by atoms with Gasteiger partial charge >= 0.3 is 0 Å². The Balaban J connectivity index is 2.07. The molecule has 1 aromatic heterocycles. The van der Waals surface area contributed by atoms with Gasteiger partial charge in [-0.25, -0.2) is 0 Å². The van der Waals surface area contributed by atoms with Gasteiger partial charge in [-0.3, -0.25) is 9.78 Å². The molecule has 0 spiro atoms. The fraction of sp³-hybridized carbons (Fsp3) is 0.125. The van der Waals surface area contributed by atoms with Gasteiger partial charge in [-0.2, -0.15) is 0 Å². The largest absolute Gasteiger partial charge is 0.326 e. The molecule has 2 rings (SSSR count). The number of hydrogen-bond donors (Lipinski definition) is 2. The molecule has 5 heteroatoms. The summed E-state index contributed by atoms with van der Waals surface area (Å²) in [7, 11) is 0. The number of carbonyl (C=O) groups excluding carboxylic acids is 1. The molecule has 0 saturated heterocycles. The van der Waals surface area contributed by atoms with Gasteiger partial charge < -0.3 is 11.1 Å². The Morgan fingerprint density at radius 1 is 1.38 bits per heavy atom. The van der Waals surface area contributed by atoms with Crippen LogP contribution in [-0.2, 0) is 11.2 Å². The number of anilines is 1. The van der Waals surface area contributed by atoms with E-state index >= 15 is 0 Å². The summed E-state index contributed by atoms with van der Waals surface area (Å²) in [4.78, 5) is 15.9. The van der Waals surface area contributed by atoms with E-state index in [9.17, 15) is 4.79 Å². The number of aromatic nitrogens is 1. The quantitative estimate of drug-likeness (QED) is 0.854. The number of nitrogens with two attached hydrogens (primary N) is 1. The molecule has 21 heavy (non-hydrogen) atoms. The highest BCUT2D eigenvalue weighted by Crippen LogP contribution is 2.19. The highest BCUT2D eigenvalue weighted by atomic mass is 35.5. The fourth-order valence-electron chi connectivity index (χ4n) is 1.74. The number of benzene rings is 1. The van der Waals surface area contributed by atoms with Crippen LogP contribution in [0.5, 0.6) is 0 Å². The first-order valence-electron chi connectivity index (χ1n) is 6.36. The number of hydrogen-bond acceptors (Lipinski definition) is 3. The van der Waals surface area contributed by atoms with Gasteiger partial charge in [-0.05, 0) is 29.8 Å². The highest BCUT2D eigenvalue weighted by Gasteiger charge is 2.06. The van der Waals surface area contributed by atoms with E-state index < -0.39 is 0 Å². The molecule has 0 aliphatic carbocycles. The van der Waals surface area contributed by atoms with Crippen molar-refractivity contribution in [2.24, 2.45) is 5.73 Å². The molecule has 0 fully saturated rings. The molecular formula is C16H14ClN3O. The lowest BCUT2D eigenvalue weighted by Gasteiger charge is -2.06. The Hall–Kier alpha value is -2.35. The monoisotopic (exact) mass is 299 g/mol. The maximum Gasteiger partial charge on any atom is 0.228 e. The van der Waals surface area contributed by atoms with Crippen LogP contribution in [0.15, 0.2) is 42.7 Å². The van der Waals surface area contributed by atoms with Crippen LogP contribution in [0.2, 0.25) is 5.02 Å². The molecule has 2 aromatic rings. The Morgan fingerprint density at radius 3 is 2.95 bits per heavy atom. The Bertz CT molecular complexity index is 690. The van der Waals surface area contributed by atoms with Crippen LogP contribution >= 0.6 is 11.6 Å². The van der Waals surface area contributed by atoms with E-state index in [0.29, 0.717) is 16.3 Å². The van der Waals surface area contributed by atoms with Crippen molar-refractivity contribution < 1.29 is 4.79 Å². The Morgan fingerprint density at radius 2 is 2.24 bits per heavy atom. The van der Waals surface area contributed by atoms with E-state index in [-0.39, 0.29) is 18.9 Å². The van der Waals surface area contributed by atoms with Crippen LogP contribution in [0.4, 0.5) is 5.69 Å². The number of rotatable bonds is 3. The number of halogens is 1. The average Bonchev–Trinajstić information content (AvgIpc) is 2.48. The molecule has 0 atom stereocenters. The lowest BCUT2D eigenvalue weighted by atomic mass is 10.1. The van der Waals surface area contributed by atoms with Crippen molar-refractivity contribution in [1.29, 1.82) is 0 Å². The first kappa shape index (κ1) is 15.0. The van der Waals surface area contributed by atoms with Gasteiger partial charge in [-0.1, -0.05) is 29.5 Å². The van der Waals surface area contributed by atoms with Gasteiger partial charge in [0.15, 0.2) is 0 Å². The van der Waals surface area contributed by atoms with E-state index in [0.717, 1.165) is 5.56 Å². The van der Waals surface area contributed by atoms with E-state index in [4.69, 9.17) is 17.3 Å². The minimum Gasteiger partial charge on any atom is -0.326 e. The van der Waals surface area contributed by atoms with Gasteiger partial charge in [0.1, 0.15) is 0 Å². The SMILES string of the molecule is NCC#Cc1cc(NC(=O)Cc2cccnc2)ccc1Cl. The summed E-state index contributed by atoms with van der Waals surface area (Å²) < 4.78 is 0. The van der Waals surface area contributed by atoms with Gasteiger partial charge in [0.2, 0.25) is 5.91 Å². The fourth-order valence-corrected chi connectivity index (χ4v) is 1.90. The molecular weight excluding hydrogens is 286 g/mol. The third kappa shape index (κ3) is 4.60. The number of amides is 1. The third-order valence-corrected chi connectivity index (χ3v) is 2.99.